The number of nitriles is 1. The lowest BCUT2D eigenvalue weighted by atomic mass is 9.83. The summed E-state index contributed by atoms with van der Waals surface area (Å²) < 4.78 is 1.49. The molecule has 0 unspecified atom stereocenters. The third-order valence-corrected chi connectivity index (χ3v) is 4.86. The number of nitrogens with zero attached hydrogens (tertiary/aromatic N) is 3. The van der Waals surface area contributed by atoms with E-state index in [2.05, 4.69) is 37.2 Å². The number of carbonyl (C=O) groups excluding carboxylic acids is 1. The number of aryl methyl sites for hydroxylation is 1. The molecule has 142 valence electrons. The molecule has 0 aliphatic heterocycles. The Morgan fingerprint density at radius 2 is 1.78 bits per heavy atom. The van der Waals surface area contributed by atoms with E-state index in [4.69, 9.17) is 0 Å². The van der Waals surface area contributed by atoms with E-state index in [1.54, 1.807) is 13.2 Å². The molecule has 1 aliphatic rings. The SMILES string of the molecule is CCC.Cn1cc(C#N)c(-c2ccc(C3CCCCC3)cc2)c1C(=O)N=O. The Hall–Kier alpha value is -2.74. The topological polar surface area (TPSA) is 75.2 Å². The van der Waals surface area contributed by atoms with E-state index < -0.39 is 5.91 Å². The first-order chi connectivity index (χ1) is 13.1. The minimum Gasteiger partial charge on any atom is -0.345 e. The highest BCUT2D eigenvalue weighted by molar-refractivity contribution is 6.01. The zero-order chi connectivity index (χ0) is 19.8. The van der Waals surface area contributed by atoms with E-state index in [0.717, 1.165) is 5.56 Å². The Labute approximate surface area is 161 Å². The first-order valence-electron chi connectivity index (χ1n) is 9.64. The molecule has 1 amide bonds. The van der Waals surface area contributed by atoms with Gasteiger partial charge in [-0.25, -0.2) is 0 Å². The van der Waals surface area contributed by atoms with Crippen molar-refractivity contribution in [1.29, 1.82) is 5.26 Å². The zero-order valence-electron chi connectivity index (χ0n) is 16.4. The minimum absolute atomic E-state index is 0.159. The van der Waals surface area contributed by atoms with Crippen molar-refractivity contribution >= 4 is 5.91 Å². The van der Waals surface area contributed by atoms with Crippen LogP contribution in [0.5, 0.6) is 0 Å². The van der Waals surface area contributed by atoms with Crippen molar-refractivity contribution in [3.05, 3.63) is 52.2 Å². The molecular formula is C22H27N3O2. The van der Waals surface area contributed by atoms with Gasteiger partial charge in [-0.05, 0) is 29.9 Å². The predicted molar refractivity (Wildman–Crippen MR) is 107 cm³/mol. The summed E-state index contributed by atoms with van der Waals surface area (Å²) in [7, 11) is 1.64. The highest BCUT2D eigenvalue weighted by Gasteiger charge is 2.23. The van der Waals surface area contributed by atoms with E-state index >= 15 is 0 Å². The molecule has 0 saturated heterocycles. The first kappa shape index (κ1) is 20.6. The summed E-state index contributed by atoms with van der Waals surface area (Å²) in [6.45, 7) is 4.25. The quantitative estimate of drug-likeness (QED) is 0.632. The fourth-order valence-electron chi connectivity index (χ4n) is 3.66. The van der Waals surface area contributed by atoms with Crippen LogP contribution in [0.15, 0.2) is 35.6 Å². The van der Waals surface area contributed by atoms with Crippen LogP contribution in [0, 0.1) is 16.2 Å². The van der Waals surface area contributed by atoms with Gasteiger partial charge < -0.3 is 4.57 Å². The van der Waals surface area contributed by atoms with E-state index in [0.29, 0.717) is 17.0 Å². The molecule has 1 fully saturated rings. The standard InChI is InChI=1S/C19H19N3O2.C3H8/c1-22-12-16(11-20)17(18(22)19(23)21-24)15-9-7-14(8-10-15)13-5-3-2-4-6-13;1-3-2/h7-10,12-13H,2-6H2,1H3;3H2,1-2H3. The summed E-state index contributed by atoms with van der Waals surface area (Å²) in [6, 6.07) is 10.1. The van der Waals surface area contributed by atoms with Gasteiger partial charge in [0.05, 0.1) is 5.56 Å². The molecule has 0 radical (unpaired) electrons. The molecule has 1 saturated carbocycles. The van der Waals surface area contributed by atoms with Crippen molar-refractivity contribution < 1.29 is 4.79 Å². The van der Waals surface area contributed by atoms with Crippen molar-refractivity contribution in [3.8, 4) is 17.2 Å². The van der Waals surface area contributed by atoms with E-state index in [1.807, 2.05) is 12.1 Å². The number of rotatable bonds is 3. The molecule has 1 aromatic carbocycles. The van der Waals surface area contributed by atoms with Crippen LogP contribution >= 0.6 is 0 Å². The van der Waals surface area contributed by atoms with Gasteiger partial charge in [-0.2, -0.15) is 5.26 Å². The second-order valence-electron chi connectivity index (χ2n) is 7.05. The molecule has 1 heterocycles. The Bertz CT molecular complexity index is 822. The molecule has 3 rings (SSSR count). The molecule has 2 aromatic rings. The Balaban J connectivity index is 0.000000817. The molecule has 1 aromatic heterocycles. The zero-order valence-corrected chi connectivity index (χ0v) is 16.4. The number of nitroso groups, excluding NO2 is 1. The van der Waals surface area contributed by atoms with Gasteiger partial charge >= 0.3 is 5.91 Å². The van der Waals surface area contributed by atoms with Crippen molar-refractivity contribution in [3.63, 3.8) is 0 Å². The van der Waals surface area contributed by atoms with Crippen LogP contribution in [0.1, 0.15) is 79.9 Å². The van der Waals surface area contributed by atoms with Gasteiger partial charge in [-0.15, -0.1) is 4.91 Å². The van der Waals surface area contributed by atoms with Crippen LogP contribution in [0.25, 0.3) is 11.1 Å². The Morgan fingerprint density at radius 3 is 2.30 bits per heavy atom. The highest BCUT2D eigenvalue weighted by atomic mass is 16.3. The summed E-state index contributed by atoms with van der Waals surface area (Å²) in [5, 5.41) is 11.9. The Kier molecular flexibility index (Phi) is 7.48. The lowest BCUT2D eigenvalue weighted by Crippen LogP contribution is -2.05. The molecule has 0 atom stereocenters. The van der Waals surface area contributed by atoms with E-state index in [-0.39, 0.29) is 5.69 Å². The first-order valence-corrected chi connectivity index (χ1v) is 9.64. The third kappa shape index (κ3) is 4.71. The molecular weight excluding hydrogens is 338 g/mol. The molecule has 5 nitrogen and oxygen atoms in total. The highest BCUT2D eigenvalue weighted by Crippen LogP contribution is 2.35. The van der Waals surface area contributed by atoms with Crippen LogP contribution in [0.3, 0.4) is 0 Å². The average molecular weight is 365 g/mol. The second kappa shape index (κ2) is 9.82. The van der Waals surface area contributed by atoms with Crippen molar-refractivity contribution in [1.82, 2.24) is 4.57 Å². The van der Waals surface area contributed by atoms with Gasteiger partial charge in [0, 0.05) is 24.0 Å². The monoisotopic (exact) mass is 365 g/mol. The number of carbonyl (C=O) groups is 1. The van der Waals surface area contributed by atoms with E-state index in [1.165, 1.54) is 48.7 Å². The molecule has 0 bridgehead atoms. The van der Waals surface area contributed by atoms with Gasteiger partial charge in [0.25, 0.3) is 0 Å². The average Bonchev–Trinajstić information content (AvgIpc) is 3.05. The molecule has 0 N–H and O–H groups in total. The summed E-state index contributed by atoms with van der Waals surface area (Å²) in [5.41, 5.74) is 3.08. The van der Waals surface area contributed by atoms with Crippen molar-refractivity contribution in [2.45, 2.75) is 58.3 Å². The summed E-state index contributed by atoms with van der Waals surface area (Å²) >= 11 is 0. The number of amides is 1. The summed E-state index contributed by atoms with van der Waals surface area (Å²) in [6.07, 6.45) is 9.09. The van der Waals surface area contributed by atoms with Gasteiger partial charge in [0.2, 0.25) is 0 Å². The van der Waals surface area contributed by atoms with Crippen LogP contribution < -0.4 is 0 Å². The van der Waals surface area contributed by atoms with Gasteiger partial charge in [0.15, 0.2) is 0 Å². The smallest absolute Gasteiger partial charge is 0.333 e. The van der Waals surface area contributed by atoms with Gasteiger partial charge in [0.1, 0.15) is 11.8 Å². The third-order valence-electron chi connectivity index (χ3n) is 4.86. The van der Waals surface area contributed by atoms with E-state index in [9.17, 15) is 15.0 Å². The van der Waals surface area contributed by atoms with Crippen LogP contribution in [-0.4, -0.2) is 10.5 Å². The maximum absolute atomic E-state index is 11.9. The minimum atomic E-state index is -0.856. The maximum atomic E-state index is 11.9. The Morgan fingerprint density at radius 1 is 1.19 bits per heavy atom. The number of aromatic nitrogens is 1. The number of benzene rings is 1. The largest absolute Gasteiger partial charge is 0.345 e. The fourth-order valence-corrected chi connectivity index (χ4v) is 3.66. The molecule has 0 spiro atoms. The lowest BCUT2D eigenvalue weighted by Gasteiger charge is -2.22. The predicted octanol–water partition coefficient (Wildman–Crippen LogP) is 5.93. The van der Waals surface area contributed by atoms with Gasteiger partial charge in [-0.3, -0.25) is 4.79 Å². The summed E-state index contributed by atoms with van der Waals surface area (Å²) in [4.78, 5) is 22.6. The van der Waals surface area contributed by atoms with Crippen molar-refractivity contribution in [2.24, 2.45) is 12.2 Å². The molecule has 5 heteroatoms. The van der Waals surface area contributed by atoms with Crippen LogP contribution in [-0.2, 0) is 7.05 Å². The number of hydrogen-bond donors (Lipinski definition) is 0. The summed E-state index contributed by atoms with van der Waals surface area (Å²) in [5.74, 6) is -0.262. The normalized spacial score (nSPS) is 14.0. The van der Waals surface area contributed by atoms with Crippen molar-refractivity contribution in [2.75, 3.05) is 0 Å². The second-order valence-corrected chi connectivity index (χ2v) is 7.05. The lowest BCUT2D eigenvalue weighted by molar-refractivity contribution is 0.0994. The maximum Gasteiger partial charge on any atom is 0.333 e. The van der Waals surface area contributed by atoms with Gasteiger partial charge in [-0.1, -0.05) is 63.8 Å². The fraction of sp³-hybridized carbons (Fsp3) is 0.455. The van der Waals surface area contributed by atoms with Crippen LogP contribution in [0.2, 0.25) is 0 Å². The number of hydrogen-bond acceptors (Lipinski definition) is 3. The molecule has 27 heavy (non-hydrogen) atoms. The molecule has 1 aliphatic carbocycles. The van der Waals surface area contributed by atoms with Crippen LogP contribution in [0.4, 0.5) is 0 Å².